The zero-order chi connectivity index (χ0) is 6.43. The van der Waals surface area contributed by atoms with E-state index in [1.54, 1.807) is 0 Å². The van der Waals surface area contributed by atoms with Gasteiger partial charge in [-0.25, -0.2) is 4.79 Å². The van der Waals surface area contributed by atoms with Gasteiger partial charge in [-0.15, -0.1) is 0 Å². The molecule has 0 saturated carbocycles. The molecule has 48 valence electrons. The summed E-state index contributed by atoms with van der Waals surface area (Å²) in [4.78, 5) is 10.1. The second-order valence-corrected chi connectivity index (χ2v) is 1.61. The first-order chi connectivity index (χ1) is 4.27. The largest absolute Gasteiger partial charge is 0.680 e. The van der Waals surface area contributed by atoms with Crippen LogP contribution >= 0.6 is 0 Å². The fraction of sp³-hybridized carbons (Fsp3) is 0.500. The topological polar surface area (TPSA) is 68.2 Å². The van der Waals surface area contributed by atoms with Crippen LogP contribution < -0.4 is 0 Å². The Morgan fingerprint density at radius 1 is 1.67 bits per heavy atom. The average molecular weight is 131 g/mol. The minimum atomic E-state index is -1.12. The molecule has 0 aromatic carbocycles. The Morgan fingerprint density at radius 2 is 2.33 bits per heavy atom. The number of carbonyl (C=O) groups is 1. The lowest BCUT2D eigenvalue weighted by Gasteiger charge is -2.20. The van der Waals surface area contributed by atoms with E-state index in [2.05, 4.69) is 14.2 Å². The zero-order valence-corrected chi connectivity index (χ0v) is 4.18. The van der Waals surface area contributed by atoms with Crippen LogP contribution in [-0.2, 0) is 19.0 Å². The Morgan fingerprint density at radius 3 is 2.56 bits per heavy atom. The molecule has 1 N–H and O–H groups in total. The molecule has 3 aliphatic heterocycles. The predicted molar refractivity (Wildman–Crippen MR) is 22.3 cm³/mol. The van der Waals surface area contributed by atoms with Crippen molar-refractivity contribution in [2.45, 2.75) is 6.23 Å². The molecule has 3 saturated heterocycles. The van der Waals surface area contributed by atoms with Gasteiger partial charge >= 0.3 is 13.3 Å². The van der Waals surface area contributed by atoms with Gasteiger partial charge < -0.3 is 9.76 Å². The van der Waals surface area contributed by atoms with Gasteiger partial charge in [-0.3, -0.25) is 9.51 Å². The summed E-state index contributed by atoms with van der Waals surface area (Å²) in [6.07, 6.45) is -1.09. The molecule has 0 spiro atoms. The zero-order valence-electron chi connectivity index (χ0n) is 4.18. The van der Waals surface area contributed by atoms with E-state index in [1.165, 1.54) is 0 Å². The minimum Gasteiger partial charge on any atom is -0.478 e. The van der Waals surface area contributed by atoms with Crippen LogP contribution in [0.1, 0.15) is 0 Å². The number of carboxylic acid groups (broad SMARTS) is 1. The van der Waals surface area contributed by atoms with E-state index in [9.17, 15) is 4.79 Å². The van der Waals surface area contributed by atoms with Gasteiger partial charge in [-0.2, -0.15) is 0 Å². The highest BCUT2D eigenvalue weighted by Crippen LogP contribution is 2.26. The first-order valence-corrected chi connectivity index (χ1v) is 2.28. The van der Waals surface area contributed by atoms with Gasteiger partial charge in [0.05, 0.1) is 0 Å². The number of rotatable bonds is 1. The summed E-state index contributed by atoms with van der Waals surface area (Å²) in [5.41, 5.74) is 0. The van der Waals surface area contributed by atoms with Crippen molar-refractivity contribution in [3.05, 3.63) is 0 Å². The fourth-order valence-corrected chi connectivity index (χ4v) is 0.641. The molecular weight excluding hydrogens is 129 g/mol. The van der Waals surface area contributed by atoms with Gasteiger partial charge in [0.2, 0.25) is 6.23 Å². The van der Waals surface area contributed by atoms with Crippen molar-refractivity contribution >= 4 is 13.3 Å². The number of fused-ring (bicyclic) bond motifs is 1. The second kappa shape index (κ2) is 1.45. The Balaban J connectivity index is 2.08. The molecule has 0 amide bonds. The van der Waals surface area contributed by atoms with Crippen molar-refractivity contribution in [2.24, 2.45) is 0 Å². The maximum absolute atomic E-state index is 10.1. The Kier molecular flexibility index (Phi) is 0.835. The van der Waals surface area contributed by atoms with Crippen molar-refractivity contribution in [3.63, 3.8) is 0 Å². The van der Waals surface area contributed by atoms with Crippen molar-refractivity contribution in [1.82, 2.24) is 5.23 Å². The summed E-state index contributed by atoms with van der Waals surface area (Å²) in [6, 6.07) is 0. The molecule has 1 unspecified atom stereocenters. The molecular formula is C2H2BNO5. The summed E-state index contributed by atoms with van der Waals surface area (Å²) in [5, 5.41) is 9.08. The van der Waals surface area contributed by atoms with Crippen molar-refractivity contribution in [1.29, 1.82) is 0 Å². The number of hydroxylamine groups is 2. The smallest absolute Gasteiger partial charge is 0.478 e. The SMILES string of the molecule is O=C(O)C1OB2ON1O2. The van der Waals surface area contributed by atoms with E-state index in [0.717, 1.165) is 5.23 Å². The summed E-state index contributed by atoms with van der Waals surface area (Å²) >= 11 is 0. The van der Waals surface area contributed by atoms with Gasteiger partial charge in [0.25, 0.3) is 0 Å². The van der Waals surface area contributed by atoms with E-state index >= 15 is 0 Å². The van der Waals surface area contributed by atoms with Crippen molar-refractivity contribution in [2.75, 3.05) is 0 Å². The molecule has 7 heteroatoms. The maximum Gasteiger partial charge on any atom is 0.680 e. The highest BCUT2D eigenvalue weighted by molar-refractivity contribution is 6.39. The third kappa shape index (κ3) is 0.568. The normalized spacial score (nSPS) is 38.4. The van der Waals surface area contributed by atoms with Crippen LogP contribution in [0.25, 0.3) is 0 Å². The molecule has 3 fully saturated rings. The Labute approximate surface area is 50.0 Å². The first-order valence-electron chi connectivity index (χ1n) is 2.28. The Bertz CT molecular complexity index is 155. The van der Waals surface area contributed by atoms with Gasteiger partial charge in [0, 0.05) is 0 Å². The lowest BCUT2D eigenvalue weighted by molar-refractivity contribution is -0.344. The lowest BCUT2D eigenvalue weighted by Crippen LogP contribution is -2.42. The van der Waals surface area contributed by atoms with Crippen LogP contribution in [0, 0.1) is 0 Å². The van der Waals surface area contributed by atoms with Gasteiger partial charge in [-0.05, 0) is 5.23 Å². The third-order valence-corrected chi connectivity index (χ3v) is 1.02. The molecule has 6 nitrogen and oxygen atoms in total. The standard InChI is InChI=1S/C2H2BNO5/c5-2(6)1-4-8-3(7-1)9-4/h1H,(H,5,6). The molecule has 0 aromatic rings. The van der Waals surface area contributed by atoms with E-state index in [4.69, 9.17) is 5.11 Å². The quantitative estimate of drug-likeness (QED) is 0.441. The van der Waals surface area contributed by atoms with Crippen LogP contribution in [0.15, 0.2) is 0 Å². The molecule has 0 aliphatic carbocycles. The Hall–Kier alpha value is -0.625. The molecule has 3 aliphatic rings. The average Bonchev–Trinajstić information content (AvgIpc) is 2.12. The molecule has 2 bridgehead atoms. The van der Waals surface area contributed by atoms with Crippen LogP contribution in [0.3, 0.4) is 0 Å². The number of hydrogen-bond donors (Lipinski definition) is 1. The molecule has 3 rings (SSSR count). The number of aliphatic carboxylic acids is 1. The van der Waals surface area contributed by atoms with Gasteiger partial charge in [0.1, 0.15) is 0 Å². The first kappa shape index (κ1) is 5.18. The van der Waals surface area contributed by atoms with Gasteiger partial charge in [0.15, 0.2) is 0 Å². The molecule has 0 aromatic heterocycles. The van der Waals surface area contributed by atoms with Gasteiger partial charge in [-0.1, -0.05) is 0 Å². The number of nitrogens with zero attached hydrogens (tertiary/aromatic N) is 1. The van der Waals surface area contributed by atoms with Crippen molar-refractivity contribution < 1.29 is 24.1 Å². The van der Waals surface area contributed by atoms with Crippen LogP contribution in [0.5, 0.6) is 0 Å². The van der Waals surface area contributed by atoms with E-state index in [1.807, 2.05) is 0 Å². The lowest BCUT2D eigenvalue weighted by atomic mass is 10.2. The molecule has 3 heterocycles. The summed E-state index contributed by atoms with van der Waals surface area (Å²) in [7, 11) is -0.800. The minimum absolute atomic E-state index is 0.799. The monoisotopic (exact) mass is 131 g/mol. The van der Waals surface area contributed by atoms with Crippen LogP contribution in [0.4, 0.5) is 0 Å². The van der Waals surface area contributed by atoms with Crippen LogP contribution in [0.2, 0.25) is 0 Å². The molecule has 0 radical (unpaired) electrons. The summed E-state index contributed by atoms with van der Waals surface area (Å²) < 4.78 is 13.6. The van der Waals surface area contributed by atoms with E-state index in [-0.39, 0.29) is 0 Å². The highest BCUT2D eigenvalue weighted by atomic mass is 17.1. The third-order valence-electron chi connectivity index (χ3n) is 1.02. The second-order valence-electron chi connectivity index (χ2n) is 1.61. The fourth-order valence-electron chi connectivity index (χ4n) is 0.641. The highest BCUT2D eigenvalue weighted by Gasteiger charge is 2.57. The van der Waals surface area contributed by atoms with Crippen molar-refractivity contribution in [3.8, 4) is 0 Å². The maximum atomic E-state index is 10.1. The van der Waals surface area contributed by atoms with E-state index in [0.29, 0.717) is 0 Å². The number of hydrogen-bond acceptors (Lipinski definition) is 5. The molecule has 1 atom stereocenters. The summed E-state index contributed by atoms with van der Waals surface area (Å²) in [6.45, 7) is 0. The van der Waals surface area contributed by atoms with Crippen LogP contribution in [-0.4, -0.2) is 29.9 Å². The predicted octanol–water partition coefficient (Wildman–Crippen LogP) is -1.41. The van der Waals surface area contributed by atoms with E-state index < -0.39 is 19.5 Å². The summed E-state index contributed by atoms with van der Waals surface area (Å²) in [5.74, 6) is -1.12. The number of carboxylic acids is 1. The molecule has 9 heavy (non-hydrogen) atoms.